The Kier molecular flexibility index (Phi) is 4.37. The van der Waals surface area contributed by atoms with Gasteiger partial charge in [-0.2, -0.15) is 0 Å². The van der Waals surface area contributed by atoms with Gasteiger partial charge in [0.15, 0.2) is 0 Å². The van der Waals surface area contributed by atoms with Gasteiger partial charge in [-0.3, -0.25) is 4.98 Å². The van der Waals surface area contributed by atoms with Crippen molar-refractivity contribution in [3.8, 4) is 0 Å². The largest absolute Gasteiger partial charge is 0.265 e. The van der Waals surface area contributed by atoms with Gasteiger partial charge < -0.3 is 0 Å². The average molecular weight is 189 g/mol. The minimum absolute atomic E-state index is 0.754. The highest BCUT2D eigenvalue weighted by atomic mass is 14.6. The molecule has 0 bridgehead atoms. The zero-order valence-electron chi connectivity index (χ0n) is 9.16. The van der Waals surface area contributed by atoms with Crippen molar-refractivity contribution in [1.29, 1.82) is 0 Å². The van der Waals surface area contributed by atoms with Crippen molar-refractivity contribution in [3.05, 3.63) is 42.2 Å². The van der Waals surface area contributed by atoms with Crippen LogP contribution in [0.4, 0.5) is 0 Å². The van der Waals surface area contributed by atoms with Gasteiger partial charge in [0.1, 0.15) is 0 Å². The summed E-state index contributed by atoms with van der Waals surface area (Å²) >= 11 is 0. The lowest BCUT2D eigenvalue weighted by Crippen LogP contribution is -1.97. The van der Waals surface area contributed by atoms with Gasteiger partial charge in [-0.1, -0.05) is 32.4 Å². The van der Waals surface area contributed by atoms with E-state index in [4.69, 9.17) is 0 Å². The minimum Gasteiger partial charge on any atom is -0.265 e. The van der Waals surface area contributed by atoms with Gasteiger partial charge in [-0.15, -0.1) is 0 Å². The van der Waals surface area contributed by atoms with E-state index < -0.39 is 0 Å². The van der Waals surface area contributed by atoms with E-state index in [2.05, 4.69) is 37.5 Å². The van der Waals surface area contributed by atoms with Crippen LogP contribution in [-0.4, -0.2) is 4.98 Å². The Balaban J connectivity index is 2.42. The summed E-state index contributed by atoms with van der Waals surface area (Å²) in [4.78, 5) is 4.00. The van der Waals surface area contributed by atoms with E-state index in [0.717, 1.165) is 18.8 Å². The highest BCUT2D eigenvalue weighted by molar-refractivity contribution is 5.17. The maximum atomic E-state index is 4.12. The first-order valence-corrected chi connectivity index (χ1v) is 5.28. The van der Waals surface area contributed by atoms with Crippen LogP contribution in [0.5, 0.6) is 0 Å². The van der Waals surface area contributed by atoms with Crippen molar-refractivity contribution in [3.63, 3.8) is 0 Å². The van der Waals surface area contributed by atoms with E-state index >= 15 is 0 Å². The van der Waals surface area contributed by atoms with Crippen LogP contribution in [0.1, 0.15) is 32.3 Å². The van der Waals surface area contributed by atoms with Gasteiger partial charge in [-0.05, 0) is 36.5 Å². The first kappa shape index (κ1) is 11.0. The fourth-order valence-electron chi connectivity index (χ4n) is 1.50. The topological polar surface area (TPSA) is 12.9 Å². The molecule has 0 spiro atoms. The summed E-state index contributed by atoms with van der Waals surface area (Å²) in [6.07, 6.45) is 7.04. The Morgan fingerprint density at radius 2 is 2.07 bits per heavy atom. The van der Waals surface area contributed by atoms with Gasteiger partial charge >= 0.3 is 0 Å². The van der Waals surface area contributed by atoms with Crippen LogP contribution in [0.15, 0.2) is 36.7 Å². The second-order valence-corrected chi connectivity index (χ2v) is 4.00. The molecular weight excluding hydrogens is 170 g/mol. The maximum absolute atomic E-state index is 4.12. The molecule has 0 aliphatic rings. The summed E-state index contributed by atoms with van der Waals surface area (Å²) in [5.41, 5.74) is 2.64. The van der Waals surface area contributed by atoms with Gasteiger partial charge in [0, 0.05) is 12.4 Å². The molecule has 0 amide bonds. The molecule has 0 saturated heterocycles. The standard InChI is InChI=1S/C13H19N/c1-4-11(2)9-12(3)10-13-5-7-14-8-6-13/h5-8,11H,3-4,9-10H2,1-2H3/t11-/m1/s1. The number of pyridine rings is 1. The maximum Gasteiger partial charge on any atom is 0.0270 e. The molecule has 14 heavy (non-hydrogen) atoms. The summed E-state index contributed by atoms with van der Waals surface area (Å²) in [6, 6.07) is 4.11. The molecule has 0 saturated carbocycles. The van der Waals surface area contributed by atoms with E-state index in [1.807, 2.05) is 12.4 Å². The zero-order valence-corrected chi connectivity index (χ0v) is 9.16. The summed E-state index contributed by atoms with van der Waals surface area (Å²) in [5.74, 6) is 0.754. The van der Waals surface area contributed by atoms with Crippen molar-refractivity contribution < 1.29 is 0 Å². The number of allylic oxidation sites excluding steroid dienone is 1. The monoisotopic (exact) mass is 189 g/mol. The first-order valence-electron chi connectivity index (χ1n) is 5.28. The minimum atomic E-state index is 0.754. The fraction of sp³-hybridized carbons (Fsp3) is 0.462. The molecule has 1 nitrogen and oxygen atoms in total. The van der Waals surface area contributed by atoms with E-state index in [1.165, 1.54) is 17.6 Å². The smallest absolute Gasteiger partial charge is 0.0270 e. The SMILES string of the molecule is C=C(Cc1ccncc1)C[C@H](C)CC. The van der Waals surface area contributed by atoms with Crippen molar-refractivity contribution in [2.75, 3.05) is 0 Å². The summed E-state index contributed by atoms with van der Waals surface area (Å²) < 4.78 is 0. The van der Waals surface area contributed by atoms with Crippen molar-refractivity contribution in [2.45, 2.75) is 33.1 Å². The van der Waals surface area contributed by atoms with Crippen molar-refractivity contribution in [2.24, 2.45) is 5.92 Å². The molecule has 0 unspecified atom stereocenters. The first-order chi connectivity index (χ1) is 6.72. The molecule has 1 heterocycles. The number of aromatic nitrogens is 1. The van der Waals surface area contributed by atoms with Gasteiger partial charge in [0.2, 0.25) is 0 Å². The number of rotatable bonds is 5. The molecule has 0 aliphatic heterocycles. The second-order valence-electron chi connectivity index (χ2n) is 4.00. The Labute approximate surface area is 86.9 Å². The predicted octanol–water partition coefficient (Wildman–Crippen LogP) is 3.62. The molecule has 0 radical (unpaired) electrons. The van der Waals surface area contributed by atoms with E-state index in [9.17, 15) is 0 Å². The summed E-state index contributed by atoms with van der Waals surface area (Å²) in [7, 11) is 0. The summed E-state index contributed by atoms with van der Waals surface area (Å²) in [5, 5.41) is 0. The fourth-order valence-corrected chi connectivity index (χ4v) is 1.50. The molecule has 1 atom stereocenters. The lowest BCUT2D eigenvalue weighted by molar-refractivity contribution is 0.553. The lowest BCUT2D eigenvalue weighted by Gasteiger charge is -2.10. The van der Waals surface area contributed by atoms with Crippen LogP contribution in [-0.2, 0) is 6.42 Å². The third kappa shape index (κ3) is 3.73. The third-order valence-corrected chi connectivity index (χ3v) is 2.54. The zero-order chi connectivity index (χ0) is 10.4. The van der Waals surface area contributed by atoms with Crippen LogP contribution < -0.4 is 0 Å². The quantitative estimate of drug-likeness (QED) is 0.645. The normalized spacial score (nSPS) is 12.4. The number of hydrogen-bond acceptors (Lipinski definition) is 1. The highest BCUT2D eigenvalue weighted by Crippen LogP contribution is 2.16. The van der Waals surface area contributed by atoms with Gasteiger partial charge in [0.05, 0.1) is 0 Å². The predicted molar refractivity (Wildman–Crippen MR) is 61.2 cm³/mol. The Morgan fingerprint density at radius 3 is 2.64 bits per heavy atom. The lowest BCUT2D eigenvalue weighted by atomic mass is 9.96. The Morgan fingerprint density at radius 1 is 1.43 bits per heavy atom. The van der Waals surface area contributed by atoms with Crippen LogP contribution in [0, 0.1) is 5.92 Å². The molecule has 0 fully saturated rings. The molecule has 0 N–H and O–H groups in total. The Hall–Kier alpha value is -1.11. The van der Waals surface area contributed by atoms with Gasteiger partial charge in [0.25, 0.3) is 0 Å². The van der Waals surface area contributed by atoms with E-state index in [0.29, 0.717) is 0 Å². The summed E-state index contributed by atoms with van der Waals surface area (Å²) in [6.45, 7) is 8.62. The van der Waals surface area contributed by atoms with E-state index in [1.54, 1.807) is 0 Å². The molecule has 0 aromatic carbocycles. The molecule has 1 aromatic rings. The highest BCUT2D eigenvalue weighted by Gasteiger charge is 2.02. The van der Waals surface area contributed by atoms with Crippen LogP contribution in [0.25, 0.3) is 0 Å². The van der Waals surface area contributed by atoms with Gasteiger partial charge in [-0.25, -0.2) is 0 Å². The molecule has 1 rings (SSSR count). The van der Waals surface area contributed by atoms with Crippen molar-refractivity contribution in [1.82, 2.24) is 4.98 Å². The number of hydrogen-bond donors (Lipinski definition) is 0. The van der Waals surface area contributed by atoms with Crippen LogP contribution in [0.2, 0.25) is 0 Å². The van der Waals surface area contributed by atoms with Crippen LogP contribution in [0.3, 0.4) is 0 Å². The molecule has 1 aromatic heterocycles. The van der Waals surface area contributed by atoms with Crippen molar-refractivity contribution >= 4 is 0 Å². The molecule has 0 aliphatic carbocycles. The molecular formula is C13H19N. The number of nitrogens with zero attached hydrogens (tertiary/aromatic N) is 1. The Bertz CT molecular complexity index is 277. The van der Waals surface area contributed by atoms with E-state index in [-0.39, 0.29) is 0 Å². The molecule has 76 valence electrons. The second kappa shape index (κ2) is 5.58. The van der Waals surface area contributed by atoms with Crippen LogP contribution >= 0.6 is 0 Å². The molecule has 1 heteroatoms. The third-order valence-electron chi connectivity index (χ3n) is 2.54. The average Bonchev–Trinajstić information content (AvgIpc) is 2.19.